The molecule has 3 N–H and O–H groups in total. The van der Waals surface area contributed by atoms with Crippen molar-refractivity contribution in [3.8, 4) is 0 Å². The molecule has 4 heteroatoms. The molecule has 1 heterocycles. The number of amides is 1. The molecule has 0 radical (unpaired) electrons. The highest BCUT2D eigenvalue weighted by Crippen LogP contribution is 2.26. The summed E-state index contributed by atoms with van der Waals surface area (Å²) in [5.74, 6) is 0.126. The molecule has 1 aromatic rings. The van der Waals surface area contributed by atoms with E-state index in [9.17, 15) is 4.79 Å². The van der Waals surface area contributed by atoms with Gasteiger partial charge in [0, 0.05) is 11.3 Å². The summed E-state index contributed by atoms with van der Waals surface area (Å²) in [7, 11) is 0. The van der Waals surface area contributed by atoms with Gasteiger partial charge in [-0.1, -0.05) is 19.9 Å². The number of thiophene rings is 1. The lowest BCUT2D eigenvalue weighted by molar-refractivity contribution is -0.122. The summed E-state index contributed by atoms with van der Waals surface area (Å²) >= 11 is 1.67. The van der Waals surface area contributed by atoms with E-state index in [0.29, 0.717) is 13.0 Å². The first-order chi connectivity index (χ1) is 8.44. The fraction of sp³-hybridized carbons (Fsp3) is 0.643. The number of nitrogens with one attached hydrogen (secondary N) is 1. The molecular formula is C14H24N2OS. The van der Waals surface area contributed by atoms with Gasteiger partial charge < -0.3 is 11.1 Å². The van der Waals surface area contributed by atoms with Crippen molar-refractivity contribution in [2.45, 2.75) is 46.1 Å². The van der Waals surface area contributed by atoms with E-state index in [1.54, 1.807) is 11.3 Å². The summed E-state index contributed by atoms with van der Waals surface area (Å²) in [5, 5.41) is 5.07. The Bertz CT molecular complexity index is 360. The molecule has 0 aliphatic heterocycles. The topological polar surface area (TPSA) is 55.1 Å². The van der Waals surface area contributed by atoms with Crippen LogP contribution in [0.2, 0.25) is 0 Å². The van der Waals surface area contributed by atoms with Crippen LogP contribution in [0, 0.1) is 5.41 Å². The predicted octanol–water partition coefficient (Wildman–Crippen LogP) is 3.08. The van der Waals surface area contributed by atoms with Crippen molar-refractivity contribution in [2.75, 3.05) is 6.54 Å². The lowest BCUT2D eigenvalue weighted by atomic mass is 9.84. The van der Waals surface area contributed by atoms with Gasteiger partial charge >= 0.3 is 0 Å². The number of hydrogen-bond donors (Lipinski definition) is 2. The second kappa shape index (κ2) is 6.90. The first-order valence-electron chi connectivity index (χ1n) is 6.47. The van der Waals surface area contributed by atoms with Gasteiger partial charge in [0.2, 0.25) is 5.91 Å². The molecule has 0 aliphatic rings. The molecule has 3 nitrogen and oxygen atoms in total. The van der Waals surface area contributed by atoms with Gasteiger partial charge in [0.1, 0.15) is 0 Å². The van der Waals surface area contributed by atoms with Gasteiger partial charge in [-0.15, -0.1) is 11.3 Å². The molecule has 0 saturated heterocycles. The van der Waals surface area contributed by atoms with Gasteiger partial charge in [0.25, 0.3) is 0 Å². The zero-order valence-electron chi connectivity index (χ0n) is 11.5. The van der Waals surface area contributed by atoms with Gasteiger partial charge in [-0.3, -0.25) is 4.79 Å². The van der Waals surface area contributed by atoms with Crippen molar-refractivity contribution in [1.29, 1.82) is 0 Å². The summed E-state index contributed by atoms with van der Waals surface area (Å²) in [6.45, 7) is 7.03. The maximum Gasteiger partial charge on any atom is 0.220 e. The molecule has 0 fully saturated rings. The van der Waals surface area contributed by atoms with Crippen LogP contribution in [0.15, 0.2) is 17.5 Å². The van der Waals surface area contributed by atoms with Gasteiger partial charge in [0.05, 0.1) is 6.04 Å². The molecule has 102 valence electrons. The Labute approximate surface area is 114 Å². The molecule has 1 amide bonds. The molecule has 18 heavy (non-hydrogen) atoms. The van der Waals surface area contributed by atoms with Crippen LogP contribution < -0.4 is 11.1 Å². The molecule has 0 bridgehead atoms. The minimum atomic E-state index is 0.107. The lowest BCUT2D eigenvalue weighted by Gasteiger charge is -2.23. The van der Waals surface area contributed by atoms with E-state index in [1.807, 2.05) is 24.4 Å². The Kier molecular flexibility index (Phi) is 5.82. The van der Waals surface area contributed by atoms with Gasteiger partial charge in [-0.05, 0) is 43.2 Å². The maximum atomic E-state index is 11.9. The fourth-order valence-electron chi connectivity index (χ4n) is 1.89. The summed E-state index contributed by atoms with van der Waals surface area (Å²) in [4.78, 5) is 13.1. The Morgan fingerprint density at radius 1 is 1.50 bits per heavy atom. The number of rotatable bonds is 7. The van der Waals surface area contributed by atoms with Crippen LogP contribution in [0.1, 0.15) is 51.0 Å². The van der Waals surface area contributed by atoms with Crippen molar-refractivity contribution in [3.63, 3.8) is 0 Å². The quantitative estimate of drug-likeness (QED) is 0.798. The average Bonchev–Trinajstić information content (AvgIpc) is 2.80. The molecular weight excluding hydrogens is 244 g/mol. The van der Waals surface area contributed by atoms with Crippen LogP contribution in [0.4, 0.5) is 0 Å². The van der Waals surface area contributed by atoms with Crippen LogP contribution in [-0.2, 0) is 4.79 Å². The summed E-state index contributed by atoms with van der Waals surface area (Å²) in [5.41, 5.74) is 5.72. The third kappa shape index (κ3) is 5.19. The van der Waals surface area contributed by atoms with E-state index in [1.165, 1.54) is 4.88 Å². The number of carbonyl (C=O) groups excluding carboxylic acids is 1. The summed E-state index contributed by atoms with van der Waals surface area (Å²) in [6.07, 6.45) is 2.41. The van der Waals surface area contributed by atoms with Crippen LogP contribution in [-0.4, -0.2) is 12.5 Å². The molecule has 1 atom stereocenters. The van der Waals surface area contributed by atoms with E-state index in [4.69, 9.17) is 5.73 Å². The fourth-order valence-corrected chi connectivity index (χ4v) is 2.62. The molecule has 0 aromatic carbocycles. The van der Waals surface area contributed by atoms with Gasteiger partial charge in [-0.2, -0.15) is 0 Å². The standard InChI is InChI=1S/C14H24N2OS/c1-11(12-5-4-10-18-12)16-13(17)6-7-14(2,3)8-9-15/h4-5,10-11H,6-9,15H2,1-3H3,(H,16,17)/t11-/m0/s1. The van der Waals surface area contributed by atoms with Crippen LogP contribution >= 0.6 is 11.3 Å². The maximum absolute atomic E-state index is 11.9. The van der Waals surface area contributed by atoms with E-state index in [0.717, 1.165) is 12.8 Å². The smallest absolute Gasteiger partial charge is 0.220 e. The minimum absolute atomic E-state index is 0.107. The Hall–Kier alpha value is -0.870. The Balaban J connectivity index is 2.34. The summed E-state index contributed by atoms with van der Waals surface area (Å²) in [6, 6.07) is 4.16. The molecule has 0 unspecified atom stereocenters. The van der Waals surface area contributed by atoms with Crippen molar-refractivity contribution in [1.82, 2.24) is 5.32 Å². The predicted molar refractivity (Wildman–Crippen MR) is 77.6 cm³/mol. The van der Waals surface area contributed by atoms with Crippen molar-refractivity contribution in [2.24, 2.45) is 11.1 Å². The highest BCUT2D eigenvalue weighted by molar-refractivity contribution is 7.10. The second-order valence-electron chi connectivity index (χ2n) is 5.51. The first-order valence-corrected chi connectivity index (χ1v) is 7.35. The van der Waals surface area contributed by atoms with Crippen molar-refractivity contribution < 1.29 is 4.79 Å². The monoisotopic (exact) mass is 268 g/mol. The van der Waals surface area contributed by atoms with E-state index < -0.39 is 0 Å². The Morgan fingerprint density at radius 2 is 2.22 bits per heavy atom. The Morgan fingerprint density at radius 3 is 2.78 bits per heavy atom. The molecule has 1 rings (SSSR count). The molecule has 0 saturated carbocycles. The van der Waals surface area contributed by atoms with Crippen molar-refractivity contribution >= 4 is 17.2 Å². The van der Waals surface area contributed by atoms with E-state index >= 15 is 0 Å². The van der Waals surface area contributed by atoms with E-state index in [-0.39, 0.29) is 17.4 Å². The highest BCUT2D eigenvalue weighted by Gasteiger charge is 2.19. The highest BCUT2D eigenvalue weighted by atomic mass is 32.1. The van der Waals surface area contributed by atoms with Crippen LogP contribution in [0.5, 0.6) is 0 Å². The third-order valence-corrected chi connectivity index (χ3v) is 4.25. The zero-order valence-corrected chi connectivity index (χ0v) is 12.3. The average molecular weight is 268 g/mol. The number of carbonyl (C=O) groups is 1. The third-order valence-electron chi connectivity index (χ3n) is 3.20. The molecule has 0 aliphatic carbocycles. The van der Waals surface area contributed by atoms with Gasteiger partial charge in [-0.25, -0.2) is 0 Å². The van der Waals surface area contributed by atoms with Crippen molar-refractivity contribution in [3.05, 3.63) is 22.4 Å². The molecule has 0 spiro atoms. The SMILES string of the molecule is C[C@H](NC(=O)CCC(C)(C)CCN)c1cccs1. The number of hydrogen-bond acceptors (Lipinski definition) is 3. The van der Waals surface area contributed by atoms with E-state index in [2.05, 4.69) is 19.2 Å². The minimum Gasteiger partial charge on any atom is -0.349 e. The summed E-state index contributed by atoms with van der Waals surface area (Å²) < 4.78 is 0. The molecule has 1 aromatic heterocycles. The first kappa shape index (κ1) is 15.2. The second-order valence-corrected chi connectivity index (χ2v) is 6.49. The van der Waals surface area contributed by atoms with Crippen LogP contribution in [0.25, 0.3) is 0 Å². The normalized spacial score (nSPS) is 13.3. The zero-order chi connectivity index (χ0) is 13.6. The van der Waals surface area contributed by atoms with Gasteiger partial charge in [0.15, 0.2) is 0 Å². The lowest BCUT2D eigenvalue weighted by Crippen LogP contribution is -2.28. The largest absolute Gasteiger partial charge is 0.349 e. The van der Waals surface area contributed by atoms with Crippen LogP contribution in [0.3, 0.4) is 0 Å². The number of nitrogens with two attached hydrogens (primary N) is 1.